The monoisotopic (exact) mass is 520 g/mol. The van der Waals surface area contributed by atoms with E-state index in [9.17, 15) is 0 Å². The highest BCUT2D eigenvalue weighted by molar-refractivity contribution is 8.00. The Morgan fingerprint density at radius 1 is 0.865 bits per heavy atom. The Balaban J connectivity index is 1.82. The van der Waals surface area contributed by atoms with Crippen molar-refractivity contribution in [1.82, 2.24) is 0 Å². The largest absolute Gasteiger partial charge is 0.222 e. The molecule has 1 aliphatic rings. The molecule has 3 heteroatoms. The molecule has 0 spiro atoms. The van der Waals surface area contributed by atoms with Gasteiger partial charge in [0.1, 0.15) is 7.05 Å². The quantitative estimate of drug-likeness (QED) is 0.125. The predicted octanol–water partition coefficient (Wildman–Crippen LogP) is 8.85. The Bertz CT molecular complexity index is 1770. The van der Waals surface area contributed by atoms with Crippen LogP contribution in [0, 0.1) is 19.3 Å². The zero-order valence-electron chi connectivity index (χ0n) is 23.8. The molecular formula is C34H38NSSi+. The molecule has 37 heavy (non-hydrogen) atoms. The van der Waals surface area contributed by atoms with E-state index in [-0.39, 0.29) is 5.41 Å². The van der Waals surface area contributed by atoms with Gasteiger partial charge in [-0.3, -0.25) is 0 Å². The minimum atomic E-state index is -1.53. The fourth-order valence-corrected chi connectivity index (χ4v) is 9.34. The van der Waals surface area contributed by atoms with Crippen LogP contribution in [0.4, 0.5) is 0 Å². The lowest BCUT2D eigenvalue weighted by Gasteiger charge is -2.29. The third-order valence-corrected chi connectivity index (χ3v) is 11.2. The van der Waals surface area contributed by atoms with E-state index in [2.05, 4.69) is 121 Å². The third-order valence-electron chi connectivity index (χ3n) is 7.97. The lowest BCUT2D eigenvalue weighted by molar-refractivity contribution is -0.659. The Kier molecular flexibility index (Phi) is 5.46. The van der Waals surface area contributed by atoms with Crippen molar-refractivity contribution >= 4 is 57.3 Å². The molecule has 0 N–H and O–H groups in total. The van der Waals surface area contributed by atoms with Gasteiger partial charge in [0, 0.05) is 21.2 Å². The number of nitrogens with zero attached hydrogens (tertiary/aromatic N) is 1. The van der Waals surface area contributed by atoms with Gasteiger partial charge in [0.2, 0.25) is 5.69 Å². The zero-order valence-corrected chi connectivity index (χ0v) is 25.6. The van der Waals surface area contributed by atoms with Crippen molar-refractivity contribution in [2.75, 3.05) is 0 Å². The number of pyridine rings is 1. The minimum absolute atomic E-state index is 0.200. The number of aryl methyl sites for hydroxylation is 3. The van der Waals surface area contributed by atoms with Crippen LogP contribution in [0.2, 0.25) is 19.6 Å². The second kappa shape index (κ2) is 8.19. The zero-order chi connectivity index (χ0) is 26.4. The molecule has 188 valence electrons. The van der Waals surface area contributed by atoms with Crippen LogP contribution in [0.25, 0.3) is 43.6 Å². The SMILES string of the molecule is Cc1ccc2c(CC(C)(C)C)c3c(c(C)c2c1)-c1c2c(cc4cccc([Si](C)(C)C)c4c2cc[n+]1C)S3. The van der Waals surface area contributed by atoms with Crippen LogP contribution in [0.3, 0.4) is 0 Å². The molecule has 6 rings (SSSR count). The number of rotatable bonds is 2. The Hall–Kier alpha value is -2.62. The van der Waals surface area contributed by atoms with Crippen LogP contribution >= 0.6 is 11.8 Å². The van der Waals surface area contributed by atoms with Crippen LogP contribution in [-0.2, 0) is 13.5 Å². The van der Waals surface area contributed by atoms with E-state index in [4.69, 9.17) is 0 Å². The molecule has 0 saturated heterocycles. The first-order chi connectivity index (χ1) is 17.3. The molecule has 1 nitrogen and oxygen atoms in total. The average Bonchev–Trinajstić information content (AvgIpc) is 2.81. The van der Waals surface area contributed by atoms with Crippen molar-refractivity contribution in [2.24, 2.45) is 12.5 Å². The summed E-state index contributed by atoms with van der Waals surface area (Å²) in [6.07, 6.45) is 3.36. The molecule has 0 saturated carbocycles. The molecule has 0 fully saturated rings. The van der Waals surface area contributed by atoms with Gasteiger partial charge in [0.25, 0.3) is 0 Å². The highest BCUT2D eigenvalue weighted by Crippen LogP contribution is 2.53. The fraction of sp³-hybridized carbons (Fsp3) is 0.324. The lowest BCUT2D eigenvalue weighted by Crippen LogP contribution is -2.38. The normalized spacial score (nSPS) is 13.5. The maximum absolute atomic E-state index is 2.48. The summed E-state index contributed by atoms with van der Waals surface area (Å²) in [7, 11) is 0.702. The van der Waals surface area contributed by atoms with Crippen LogP contribution in [-0.4, -0.2) is 8.07 Å². The molecular weight excluding hydrogens is 483 g/mol. The molecule has 4 aromatic carbocycles. The first-order valence-electron chi connectivity index (χ1n) is 13.5. The number of aromatic nitrogens is 1. The van der Waals surface area contributed by atoms with Gasteiger partial charge in [0.05, 0.1) is 19.0 Å². The number of hydrogen-bond acceptors (Lipinski definition) is 1. The van der Waals surface area contributed by atoms with Crippen molar-refractivity contribution in [3.05, 3.63) is 71.4 Å². The highest BCUT2D eigenvalue weighted by atomic mass is 32.2. The predicted molar refractivity (Wildman–Crippen MR) is 165 cm³/mol. The summed E-state index contributed by atoms with van der Waals surface area (Å²) in [6, 6.07) is 18.9. The standard InChI is InChI=1S/C34H38NSSi/c1-20-13-14-23-25(17-20)21(2)29-32-31-24(15-16-35(32)6)30-22(11-10-12-28(30)37(7,8)9)18-27(31)36-33(29)26(23)19-34(3,4)5/h10-18H,19H2,1-9H3/q+1. The molecule has 1 aliphatic heterocycles. The molecule has 0 atom stereocenters. The van der Waals surface area contributed by atoms with E-state index in [0.29, 0.717) is 0 Å². The second-order valence-corrected chi connectivity index (χ2v) is 19.4. The summed E-state index contributed by atoms with van der Waals surface area (Å²) in [5, 5.41) is 10.1. The first kappa shape index (κ1) is 24.7. The summed E-state index contributed by atoms with van der Waals surface area (Å²) in [6.45, 7) is 19.1. The van der Waals surface area contributed by atoms with Gasteiger partial charge in [-0.25, -0.2) is 4.57 Å². The fourth-order valence-electron chi connectivity index (χ4n) is 6.34. The summed E-state index contributed by atoms with van der Waals surface area (Å²) in [5.41, 5.74) is 7.26. The van der Waals surface area contributed by atoms with E-state index >= 15 is 0 Å². The molecule has 0 bridgehead atoms. The lowest BCUT2D eigenvalue weighted by atomic mass is 9.82. The van der Waals surface area contributed by atoms with E-state index in [0.717, 1.165) is 6.42 Å². The summed E-state index contributed by atoms with van der Waals surface area (Å²) in [4.78, 5) is 2.86. The Morgan fingerprint density at radius 3 is 2.32 bits per heavy atom. The van der Waals surface area contributed by atoms with Crippen molar-refractivity contribution in [3.8, 4) is 11.3 Å². The average molecular weight is 521 g/mol. The number of fused-ring (bicyclic) bond motifs is 5. The third kappa shape index (κ3) is 3.85. The van der Waals surface area contributed by atoms with Crippen LogP contribution in [0.5, 0.6) is 0 Å². The Morgan fingerprint density at radius 2 is 1.62 bits per heavy atom. The smallest absolute Gasteiger partial charge is 0.200 e. The molecule has 0 amide bonds. The summed E-state index contributed by atoms with van der Waals surface area (Å²) in [5.74, 6) is 0. The van der Waals surface area contributed by atoms with Gasteiger partial charge in [-0.1, -0.05) is 99.3 Å². The van der Waals surface area contributed by atoms with Gasteiger partial charge < -0.3 is 0 Å². The molecule has 0 unspecified atom stereocenters. The molecule has 0 aliphatic carbocycles. The van der Waals surface area contributed by atoms with Crippen molar-refractivity contribution < 1.29 is 4.57 Å². The summed E-state index contributed by atoms with van der Waals surface area (Å²) >= 11 is 2.01. The van der Waals surface area contributed by atoms with Crippen LogP contribution in [0.1, 0.15) is 37.5 Å². The van der Waals surface area contributed by atoms with Gasteiger partial charge >= 0.3 is 0 Å². The van der Waals surface area contributed by atoms with Crippen molar-refractivity contribution in [1.29, 1.82) is 0 Å². The highest BCUT2D eigenvalue weighted by Gasteiger charge is 2.34. The van der Waals surface area contributed by atoms with Gasteiger partial charge in [-0.15, -0.1) is 0 Å². The molecule has 5 aromatic rings. The molecule has 1 aromatic heterocycles. The van der Waals surface area contributed by atoms with E-state index < -0.39 is 8.07 Å². The van der Waals surface area contributed by atoms with Crippen molar-refractivity contribution in [3.63, 3.8) is 0 Å². The van der Waals surface area contributed by atoms with Gasteiger partial charge in [0.15, 0.2) is 6.20 Å². The number of benzene rings is 4. The maximum atomic E-state index is 2.48. The number of hydrogen-bond donors (Lipinski definition) is 0. The van der Waals surface area contributed by atoms with Gasteiger partial charge in [-0.05, 0) is 64.4 Å². The van der Waals surface area contributed by atoms with E-state index in [1.165, 1.54) is 70.1 Å². The summed E-state index contributed by atoms with van der Waals surface area (Å²) < 4.78 is 2.38. The van der Waals surface area contributed by atoms with Gasteiger partial charge in [-0.2, -0.15) is 0 Å². The van der Waals surface area contributed by atoms with Crippen LogP contribution < -0.4 is 9.75 Å². The molecule has 0 radical (unpaired) electrons. The topological polar surface area (TPSA) is 3.88 Å². The minimum Gasteiger partial charge on any atom is -0.200 e. The van der Waals surface area contributed by atoms with Crippen LogP contribution in [0.15, 0.2) is 64.5 Å². The first-order valence-corrected chi connectivity index (χ1v) is 17.8. The van der Waals surface area contributed by atoms with Crippen molar-refractivity contribution in [2.45, 2.75) is 70.5 Å². The van der Waals surface area contributed by atoms with E-state index in [1.54, 1.807) is 5.19 Å². The molecule has 2 heterocycles. The Labute approximate surface area is 226 Å². The second-order valence-electron chi connectivity index (χ2n) is 13.3. The van der Waals surface area contributed by atoms with E-state index in [1.807, 2.05) is 11.8 Å². The maximum Gasteiger partial charge on any atom is 0.222 e.